The molecule has 23 heteroatoms. The second-order valence-corrected chi connectivity index (χ2v) is 11.5. The first kappa shape index (κ1) is 27.4. The Morgan fingerprint density at radius 1 is 1.06 bits per heavy atom. The topological polar surface area (TPSA) is 297 Å². The predicted molar refractivity (Wildman–Crippen MR) is 98.2 cm³/mol. The summed E-state index contributed by atoms with van der Waals surface area (Å²) in [5, 5.41) is 0. The van der Waals surface area contributed by atoms with Gasteiger partial charge in [0.15, 0.2) is 0 Å². The molecule has 0 aromatic carbocycles. The van der Waals surface area contributed by atoms with Crippen LogP contribution in [0.4, 0.5) is 5.82 Å². The lowest BCUT2D eigenvalue weighted by Crippen LogP contribution is -2.29. The number of hydrogen-bond donors (Lipinski definition) is 7. The van der Waals surface area contributed by atoms with Crippen LogP contribution in [0, 0.1) is 0 Å². The van der Waals surface area contributed by atoms with Crippen LogP contribution in [-0.2, 0) is 40.7 Å². The number of rotatable bonds is 10. The highest BCUT2D eigenvalue weighted by Crippen LogP contribution is 2.66. The van der Waals surface area contributed by atoms with Crippen LogP contribution in [-0.4, -0.2) is 57.7 Å². The van der Waals surface area contributed by atoms with Crippen LogP contribution in [0.3, 0.4) is 0 Å². The van der Waals surface area contributed by atoms with Crippen molar-refractivity contribution >= 4 is 37.1 Å². The molecule has 2 unspecified atom stereocenters. The third-order valence-corrected chi connectivity index (χ3v) is 7.78. The maximum atomic E-state index is 11.9. The summed E-state index contributed by atoms with van der Waals surface area (Å²) >= 11 is 0. The lowest BCUT2D eigenvalue weighted by atomic mass is 10.2. The van der Waals surface area contributed by atoms with Crippen molar-refractivity contribution < 1.29 is 70.0 Å². The van der Waals surface area contributed by atoms with Gasteiger partial charge >= 0.3 is 37.0 Å². The number of phosphoric acid groups is 4. The van der Waals surface area contributed by atoms with E-state index in [1.54, 1.807) is 0 Å². The van der Waals surface area contributed by atoms with E-state index in [4.69, 9.17) is 34.9 Å². The molecule has 1 aliphatic heterocycles. The average Bonchev–Trinajstić information content (AvgIpc) is 2.90. The first-order valence-electron chi connectivity index (χ1n) is 7.88. The fraction of sp³-hybridized carbons (Fsp3) is 0.556. The molecule has 19 nitrogen and oxygen atoms in total. The first-order valence-corrected chi connectivity index (χ1v) is 13.9. The van der Waals surface area contributed by atoms with E-state index in [9.17, 15) is 27.9 Å². The molecule has 1 aliphatic rings. The van der Waals surface area contributed by atoms with Crippen molar-refractivity contribution in [3.8, 4) is 0 Å². The number of nitrogen functional groups attached to an aromatic ring is 1. The van der Waals surface area contributed by atoms with Gasteiger partial charge in [0.2, 0.25) is 0 Å². The molecule has 0 spiro atoms. The Labute approximate surface area is 177 Å². The molecule has 1 fully saturated rings. The van der Waals surface area contributed by atoms with E-state index in [1.807, 2.05) is 0 Å². The molecule has 0 aliphatic carbocycles. The normalized spacial score (nSPS) is 25.9. The summed E-state index contributed by atoms with van der Waals surface area (Å²) in [5.41, 5.74) is 4.46. The molecule has 184 valence electrons. The number of phosphoric ester groups is 2. The van der Waals surface area contributed by atoms with Gasteiger partial charge in [-0.2, -0.15) is 13.6 Å². The van der Waals surface area contributed by atoms with Crippen LogP contribution in [0.15, 0.2) is 17.1 Å². The summed E-state index contributed by atoms with van der Waals surface area (Å²) in [6.45, 7) is -1.07. The summed E-state index contributed by atoms with van der Waals surface area (Å²) in [4.78, 5) is 69.0. The lowest BCUT2D eigenvalue weighted by Gasteiger charge is -2.21. The zero-order valence-corrected chi connectivity index (χ0v) is 18.9. The molecular weight excluding hydrogens is 530 g/mol. The number of nitrogens with zero attached hydrogens (tertiary/aromatic N) is 2. The number of hydrogen-bond acceptors (Lipinski definition) is 12. The van der Waals surface area contributed by atoms with E-state index >= 15 is 0 Å². The predicted octanol–water partition coefficient (Wildman–Crippen LogP) is -1.07. The van der Waals surface area contributed by atoms with Crippen molar-refractivity contribution in [1.82, 2.24) is 9.55 Å². The van der Waals surface area contributed by atoms with Crippen molar-refractivity contribution in [3.63, 3.8) is 0 Å². The number of ether oxygens (including phenoxy) is 1. The van der Waals surface area contributed by atoms with Gasteiger partial charge in [0, 0.05) is 12.6 Å². The lowest BCUT2D eigenvalue weighted by molar-refractivity contribution is -0.0442. The molecule has 2 rings (SSSR count). The van der Waals surface area contributed by atoms with Gasteiger partial charge in [-0.25, -0.2) is 23.1 Å². The Morgan fingerprint density at radius 3 is 2.22 bits per heavy atom. The highest BCUT2D eigenvalue weighted by molar-refractivity contribution is 7.66. The van der Waals surface area contributed by atoms with Crippen molar-refractivity contribution in [2.45, 2.75) is 24.9 Å². The maximum Gasteiger partial charge on any atom is 0.490 e. The van der Waals surface area contributed by atoms with Crippen LogP contribution in [0.25, 0.3) is 0 Å². The Balaban J connectivity index is 2.15. The monoisotopic (exact) mass is 547 g/mol. The van der Waals surface area contributed by atoms with Gasteiger partial charge in [-0.3, -0.25) is 13.6 Å². The molecular formula is C9H17N3O16P4. The summed E-state index contributed by atoms with van der Waals surface area (Å²) in [6.07, 6.45) is -3.57. The highest BCUT2D eigenvalue weighted by Gasteiger charge is 2.45. The molecule has 1 aromatic heterocycles. The fourth-order valence-electron chi connectivity index (χ4n) is 2.42. The summed E-state index contributed by atoms with van der Waals surface area (Å²) < 4.78 is 67.2. The summed E-state index contributed by atoms with van der Waals surface area (Å²) in [6, 6.07) is 1.21. The molecule has 8 N–H and O–H groups in total. The zero-order chi connectivity index (χ0) is 24.5. The van der Waals surface area contributed by atoms with E-state index in [-0.39, 0.29) is 12.2 Å². The molecule has 32 heavy (non-hydrogen) atoms. The van der Waals surface area contributed by atoms with Crippen molar-refractivity contribution in [1.29, 1.82) is 0 Å². The summed E-state index contributed by atoms with van der Waals surface area (Å²) in [5.74, 6) is -0.128. The number of aromatic nitrogens is 2. The molecule has 5 atom stereocenters. The molecule has 0 amide bonds. The minimum Gasteiger partial charge on any atom is -0.383 e. The van der Waals surface area contributed by atoms with Gasteiger partial charge in [-0.1, -0.05) is 0 Å². The molecule has 1 aromatic rings. The molecule has 0 saturated carbocycles. The van der Waals surface area contributed by atoms with E-state index in [1.165, 1.54) is 6.07 Å². The van der Waals surface area contributed by atoms with Crippen LogP contribution in [0.1, 0.15) is 12.6 Å². The highest BCUT2D eigenvalue weighted by atomic mass is 31.3. The Hall–Kier alpha value is -0.840. The SMILES string of the molecule is Nc1ccn([C@H]2C[C@H](OP(=O)(O)O)[C@@H](COP(=O)(O)OP(=O)(O)OP(=O)(O)O)O2)c(=O)n1. The van der Waals surface area contributed by atoms with E-state index < -0.39 is 62.0 Å². The van der Waals surface area contributed by atoms with E-state index in [2.05, 4.69) is 22.7 Å². The van der Waals surface area contributed by atoms with Gasteiger partial charge in [0.05, 0.1) is 6.61 Å². The van der Waals surface area contributed by atoms with E-state index in [0.29, 0.717) is 0 Å². The van der Waals surface area contributed by atoms with Crippen LogP contribution >= 0.6 is 31.3 Å². The quantitative estimate of drug-likeness (QED) is 0.172. The minimum atomic E-state index is -5.78. The molecule has 0 bridgehead atoms. The first-order chi connectivity index (χ1) is 14.4. The van der Waals surface area contributed by atoms with Gasteiger partial charge in [-0.15, -0.1) is 0 Å². The Morgan fingerprint density at radius 2 is 1.69 bits per heavy atom. The maximum absolute atomic E-state index is 11.9. The Kier molecular flexibility index (Phi) is 8.39. The van der Waals surface area contributed by atoms with Crippen molar-refractivity contribution in [3.05, 3.63) is 22.7 Å². The van der Waals surface area contributed by atoms with Crippen LogP contribution in [0.2, 0.25) is 0 Å². The molecule has 0 radical (unpaired) electrons. The van der Waals surface area contributed by atoms with Gasteiger partial charge in [-0.05, 0) is 6.07 Å². The van der Waals surface area contributed by atoms with Crippen LogP contribution < -0.4 is 11.4 Å². The minimum absolute atomic E-state index is 0.128. The van der Waals surface area contributed by atoms with Gasteiger partial charge < -0.3 is 39.8 Å². The van der Waals surface area contributed by atoms with Crippen molar-refractivity contribution in [2.24, 2.45) is 0 Å². The van der Waals surface area contributed by atoms with Gasteiger partial charge in [0.1, 0.15) is 24.3 Å². The Bertz CT molecular complexity index is 1080. The number of nitrogens with two attached hydrogens (primary N) is 1. The molecule has 2 heterocycles. The average molecular weight is 547 g/mol. The second-order valence-electron chi connectivity index (χ2n) is 5.93. The molecule has 1 saturated heterocycles. The fourth-order valence-corrected chi connectivity index (χ4v) is 6.03. The standard InChI is InChI=1S/C9H17N3O16P4/c10-7-1-2-12(9(13)11-7)8-3-5(26-29(14,15)16)6(25-8)4-24-31(20,21)28-32(22,23)27-30(17,18)19/h1-2,5-6,8H,3-4H2,(H,20,21)(H,22,23)(H2,10,11,13)(H2,14,15,16)(H2,17,18,19)/t5-,6+,8+/m0/s1. The third-order valence-electron chi connectivity index (χ3n) is 3.43. The second kappa shape index (κ2) is 9.80. The van der Waals surface area contributed by atoms with Crippen molar-refractivity contribution in [2.75, 3.05) is 12.3 Å². The zero-order valence-electron chi connectivity index (χ0n) is 15.3. The number of anilines is 1. The smallest absolute Gasteiger partial charge is 0.383 e. The van der Waals surface area contributed by atoms with Crippen LogP contribution in [0.5, 0.6) is 0 Å². The third kappa shape index (κ3) is 8.83. The van der Waals surface area contributed by atoms with Gasteiger partial charge in [0.25, 0.3) is 0 Å². The largest absolute Gasteiger partial charge is 0.490 e. The summed E-state index contributed by atoms with van der Waals surface area (Å²) in [7, 11) is -22.1. The van der Waals surface area contributed by atoms with E-state index in [0.717, 1.165) is 10.8 Å².